The largest absolute Gasteiger partial charge is 0.505 e. The van der Waals surface area contributed by atoms with Crippen molar-refractivity contribution in [3.63, 3.8) is 0 Å². The minimum Gasteiger partial charge on any atom is -0.505 e. The highest BCUT2D eigenvalue weighted by molar-refractivity contribution is 6.37. The number of anilines is 1. The van der Waals surface area contributed by atoms with E-state index in [1.165, 1.54) is 24.3 Å². The molecule has 1 amide bonds. The molecule has 104 valence electrons. The maximum absolute atomic E-state index is 11.8. The number of halogens is 2. The van der Waals surface area contributed by atoms with Gasteiger partial charge in [0.25, 0.3) is 5.91 Å². The zero-order chi connectivity index (χ0) is 14.9. The van der Waals surface area contributed by atoms with Crippen molar-refractivity contribution >= 4 is 40.6 Å². The molecule has 0 aliphatic rings. The van der Waals surface area contributed by atoms with Gasteiger partial charge in [-0.1, -0.05) is 23.2 Å². The first-order chi connectivity index (χ1) is 9.38. The lowest BCUT2D eigenvalue weighted by molar-refractivity contribution is -0.389. The van der Waals surface area contributed by atoms with Crippen LogP contribution in [0.2, 0.25) is 10.0 Å². The number of carbonyl (C=O) groups is 1. The van der Waals surface area contributed by atoms with Crippen molar-refractivity contribution in [1.29, 1.82) is 0 Å². The van der Waals surface area contributed by atoms with Crippen molar-refractivity contribution in [2.24, 2.45) is 0 Å². The lowest BCUT2D eigenvalue weighted by atomic mass is 10.3. The average molecular weight is 316 g/mol. The van der Waals surface area contributed by atoms with E-state index in [9.17, 15) is 20.0 Å². The summed E-state index contributed by atoms with van der Waals surface area (Å²) in [6.07, 6.45) is 0. The third-order valence-electron chi connectivity index (χ3n) is 2.39. The van der Waals surface area contributed by atoms with Gasteiger partial charge in [0, 0.05) is 11.8 Å². The Balaban J connectivity index is 2.21. The van der Waals surface area contributed by atoms with Gasteiger partial charge < -0.3 is 20.5 Å². The van der Waals surface area contributed by atoms with Crippen molar-refractivity contribution in [2.75, 3.05) is 5.32 Å². The van der Waals surface area contributed by atoms with E-state index in [1.807, 2.05) is 0 Å². The summed E-state index contributed by atoms with van der Waals surface area (Å²) >= 11 is 11.4. The van der Waals surface area contributed by atoms with E-state index in [2.05, 4.69) is 10.3 Å². The van der Waals surface area contributed by atoms with Crippen LogP contribution in [-0.2, 0) is 0 Å². The molecule has 9 heteroatoms. The first kappa shape index (κ1) is 14.2. The lowest BCUT2D eigenvalue weighted by Crippen LogP contribution is -2.12. The molecule has 1 aromatic heterocycles. The van der Waals surface area contributed by atoms with Crippen LogP contribution in [0.4, 0.5) is 11.5 Å². The normalized spacial score (nSPS) is 10.3. The van der Waals surface area contributed by atoms with Gasteiger partial charge in [0.15, 0.2) is 11.4 Å². The molecule has 0 fully saturated rings. The Morgan fingerprint density at radius 3 is 2.40 bits per heavy atom. The van der Waals surface area contributed by atoms with Gasteiger partial charge in [-0.3, -0.25) is 4.79 Å². The van der Waals surface area contributed by atoms with Crippen LogP contribution in [0.15, 0.2) is 24.3 Å². The number of nitrogens with zero attached hydrogens (tertiary/aromatic N) is 1. The van der Waals surface area contributed by atoms with Crippen LogP contribution < -0.4 is 5.32 Å². The van der Waals surface area contributed by atoms with E-state index in [0.717, 1.165) is 0 Å². The minimum absolute atomic E-state index is 0.0111. The number of nitro groups is 1. The number of phenolic OH excluding ortho intramolecular Hbond substituents is 1. The van der Waals surface area contributed by atoms with E-state index in [-0.39, 0.29) is 33.0 Å². The van der Waals surface area contributed by atoms with E-state index >= 15 is 0 Å². The maximum atomic E-state index is 11.8. The maximum Gasteiger partial charge on any atom is 0.321 e. The number of aromatic nitrogens is 1. The number of nitrogens with one attached hydrogen (secondary N) is 2. The summed E-state index contributed by atoms with van der Waals surface area (Å²) in [5.74, 6) is -1.19. The highest BCUT2D eigenvalue weighted by atomic mass is 35.5. The fraction of sp³-hybridized carbons (Fsp3) is 0. The van der Waals surface area contributed by atoms with Crippen molar-refractivity contribution in [3.8, 4) is 5.75 Å². The van der Waals surface area contributed by atoms with Gasteiger partial charge in [0.05, 0.1) is 10.0 Å². The van der Waals surface area contributed by atoms with Crippen LogP contribution in [0.3, 0.4) is 0 Å². The molecule has 0 spiro atoms. The average Bonchev–Trinajstić information content (AvgIpc) is 2.85. The van der Waals surface area contributed by atoms with Crippen LogP contribution in [0.25, 0.3) is 0 Å². The molecule has 0 bridgehead atoms. The molecule has 0 atom stereocenters. The van der Waals surface area contributed by atoms with Crippen LogP contribution in [0.1, 0.15) is 10.5 Å². The van der Waals surface area contributed by atoms with E-state index in [1.54, 1.807) is 0 Å². The van der Waals surface area contributed by atoms with Crippen molar-refractivity contribution in [2.45, 2.75) is 0 Å². The molecule has 0 unspecified atom stereocenters. The summed E-state index contributed by atoms with van der Waals surface area (Å²) in [7, 11) is 0. The topological polar surface area (TPSA) is 108 Å². The van der Waals surface area contributed by atoms with Crippen molar-refractivity contribution < 1.29 is 14.8 Å². The number of hydrogen-bond acceptors (Lipinski definition) is 4. The SMILES string of the molecule is O=C(Nc1cc(Cl)c(O)c(Cl)c1)c1ccc([N+](=O)[O-])[nH]1. The Bertz CT molecular complexity index is 676. The highest BCUT2D eigenvalue weighted by Gasteiger charge is 2.16. The van der Waals surface area contributed by atoms with Crippen molar-refractivity contribution in [1.82, 2.24) is 4.98 Å². The Morgan fingerprint density at radius 2 is 1.90 bits per heavy atom. The molecule has 2 aromatic rings. The summed E-state index contributed by atoms with van der Waals surface area (Å²) in [5, 5.41) is 22.3. The summed E-state index contributed by atoms with van der Waals surface area (Å²) in [4.78, 5) is 24.0. The molecule has 0 radical (unpaired) electrons. The Kier molecular flexibility index (Phi) is 3.82. The molecule has 3 N–H and O–H groups in total. The Labute approximate surface area is 122 Å². The molecule has 0 aliphatic carbocycles. The molecule has 0 aliphatic heterocycles. The van der Waals surface area contributed by atoms with Crippen LogP contribution >= 0.6 is 23.2 Å². The standard InChI is InChI=1S/C11H7Cl2N3O4/c12-6-3-5(4-7(13)10(6)17)14-11(18)8-1-2-9(15-8)16(19)20/h1-4,15,17H,(H,14,18). The number of aromatic hydroxyl groups is 1. The van der Waals surface area contributed by atoms with Gasteiger partial charge >= 0.3 is 5.82 Å². The van der Waals surface area contributed by atoms with Crippen LogP contribution in [0.5, 0.6) is 5.75 Å². The Hall–Kier alpha value is -2.25. The number of hydrogen-bond donors (Lipinski definition) is 3. The first-order valence-corrected chi connectivity index (χ1v) is 5.97. The zero-order valence-corrected chi connectivity index (χ0v) is 11.2. The number of carbonyl (C=O) groups excluding carboxylic acids is 1. The molecule has 1 aromatic carbocycles. The highest BCUT2D eigenvalue weighted by Crippen LogP contribution is 2.34. The number of phenols is 1. The second-order valence-corrected chi connectivity index (χ2v) is 4.57. The second-order valence-electron chi connectivity index (χ2n) is 3.76. The number of rotatable bonds is 3. The fourth-order valence-corrected chi connectivity index (χ4v) is 1.95. The molecule has 1 heterocycles. The molecular formula is C11H7Cl2N3O4. The molecule has 20 heavy (non-hydrogen) atoms. The van der Waals surface area contributed by atoms with Crippen LogP contribution in [0, 0.1) is 10.1 Å². The smallest absolute Gasteiger partial charge is 0.321 e. The minimum atomic E-state index is -0.648. The zero-order valence-electron chi connectivity index (χ0n) is 9.68. The molecular weight excluding hydrogens is 309 g/mol. The van der Waals surface area contributed by atoms with Crippen LogP contribution in [-0.4, -0.2) is 20.9 Å². The van der Waals surface area contributed by atoms with Gasteiger partial charge in [-0.2, -0.15) is 0 Å². The van der Waals surface area contributed by atoms with Gasteiger partial charge in [0.1, 0.15) is 0 Å². The number of H-pyrrole nitrogens is 1. The van der Waals surface area contributed by atoms with E-state index < -0.39 is 10.8 Å². The molecule has 2 rings (SSSR count). The Morgan fingerprint density at radius 1 is 1.30 bits per heavy atom. The summed E-state index contributed by atoms with van der Waals surface area (Å²) in [6, 6.07) is 5.05. The predicted octanol–water partition coefficient (Wildman–Crippen LogP) is 3.19. The third kappa shape index (κ3) is 2.84. The van der Waals surface area contributed by atoms with Gasteiger partial charge in [0.2, 0.25) is 0 Å². The number of amides is 1. The van der Waals surface area contributed by atoms with E-state index in [0.29, 0.717) is 0 Å². The number of aromatic amines is 1. The molecule has 0 saturated heterocycles. The van der Waals surface area contributed by atoms with Gasteiger partial charge in [-0.15, -0.1) is 0 Å². The molecule has 0 saturated carbocycles. The third-order valence-corrected chi connectivity index (χ3v) is 2.96. The predicted molar refractivity (Wildman–Crippen MR) is 73.5 cm³/mol. The van der Waals surface area contributed by atoms with Gasteiger partial charge in [-0.25, -0.2) is 4.98 Å². The summed E-state index contributed by atoms with van der Waals surface area (Å²) in [5.41, 5.74) is 0.261. The number of benzene rings is 1. The first-order valence-electron chi connectivity index (χ1n) is 5.21. The van der Waals surface area contributed by atoms with Crippen molar-refractivity contribution in [3.05, 3.63) is 50.1 Å². The lowest BCUT2D eigenvalue weighted by Gasteiger charge is -2.06. The van der Waals surface area contributed by atoms with E-state index in [4.69, 9.17) is 23.2 Å². The fourth-order valence-electron chi connectivity index (χ4n) is 1.46. The second kappa shape index (κ2) is 5.40. The monoisotopic (exact) mass is 315 g/mol. The van der Waals surface area contributed by atoms with Gasteiger partial charge in [-0.05, 0) is 23.1 Å². The molecule has 7 nitrogen and oxygen atoms in total. The quantitative estimate of drug-likeness (QED) is 0.459. The summed E-state index contributed by atoms with van der Waals surface area (Å²) in [6.45, 7) is 0. The summed E-state index contributed by atoms with van der Waals surface area (Å²) < 4.78 is 0.